The number of rotatable bonds is 4. The largest absolute Gasteiger partial charge is 0.352 e. The second-order valence-corrected chi connectivity index (χ2v) is 4.64. The van der Waals surface area contributed by atoms with Gasteiger partial charge in [-0.3, -0.25) is 9.98 Å². The zero-order chi connectivity index (χ0) is 15.1. The topological polar surface area (TPSA) is 49.3 Å². The Morgan fingerprint density at radius 3 is 2.62 bits per heavy atom. The molecule has 1 aromatic heterocycles. The molecule has 0 aliphatic rings. The van der Waals surface area contributed by atoms with Crippen molar-refractivity contribution < 1.29 is 4.39 Å². The molecule has 2 N–H and O–H groups in total. The van der Waals surface area contributed by atoms with Crippen LogP contribution in [0.2, 0.25) is 0 Å². The van der Waals surface area contributed by atoms with Gasteiger partial charge < -0.3 is 10.6 Å². The van der Waals surface area contributed by atoms with Gasteiger partial charge in [-0.1, -0.05) is 24.3 Å². The Bertz CT molecular complexity index is 574. The molecular formula is C16H19FN4. The van der Waals surface area contributed by atoms with E-state index in [-0.39, 0.29) is 5.82 Å². The van der Waals surface area contributed by atoms with Crippen LogP contribution in [0.15, 0.2) is 47.6 Å². The highest BCUT2D eigenvalue weighted by molar-refractivity contribution is 5.79. The molecule has 0 amide bonds. The normalized spacial score (nSPS) is 11.3. The molecule has 5 heteroatoms. The van der Waals surface area contributed by atoms with Crippen molar-refractivity contribution >= 4 is 5.96 Å². The number of halogens is 1. The average Bonchev–Trinajstić information content (AvgIpc) is 2.50. The summed E-state index contributed by atoms with van der Waals surface area (Å²) < 4.78 is 13.5. The molecule has 0 unspecified atom stereocenters. The molecule has 21 heavy (non-hydrogen) atoms. The third kappa shape index (κ3) is 4.27. The minimum absolute atomic E-state index is 0.221. The van der Waals surface area contributed by atoms with Crippen molar-refractivity contribution in [2.75, 3.05) is 7.05 Å². The number of nitrogens with zero attached hydrogens (tertiary/aromatic N) is 2. The molecule has 2 aromatic rings. The Labute approximate surface area is 124 Å². The van der Waals surface area contributed by atoms with E-state index in [1.807, 2.05) is 25.1 Å². The third-order valence-corrected chi connectivity index (χ3v) is 3.17. The van der Waals surface area contributed by atoms with Gasteiger partial charge in [-0.25, -0.2) is 4.39 Å². The Kier molecular flexibility index (Phi) is 5.26. The maximum absolute atomic E-state index is 13.5. The lowest BCUT2D eigenvalue weighted by Crippen LogP contribution is -2.36. The number of hydrogen-bond donors (Lipinski definition) is 2. The SMILES string of the molecule is CN=C(NCc1ccccc1F)NCc1ncccc1C. The van der Waals surface area contributed by atoms with Crippen LogP contribution in [0.5, 0.6) is 0 Å². The van der Waals surface area contributed by atoms with E-state index < -0.39 is 0 Å². The standard InChI is InChI=1S/C16H19FN4/c1-12-6-5-9-19-15(12)11-21-16(18-2)20-10-13-7-3-4-8-14(13)17/h3-9H,10-11H2,1-2H3,(H2,18,20,21). The predicted octanol–water partition coefficient (Wildman–Crippen LogP) is 2.39. The summed E-state index contributed by atoms with van der Waals surface area (Å²) in [6.07, 6.45) is 1.76. The molecule has 0 spiro atoms. The van der Waals surface area contributed by atoms with Crippen LogP contribution in [0.1, 0.15) is 16.8 Å². The summed E-state index contributed by atoms with van der Waals surface area (Å²) in [6, 6.07) is 10.6. The van der Waals surface area contributed by atoms with Crippen molar-refractivity contribution in [3.8, 4) is 0 Å². The summed E-state index contributed by atoms with van der Waals surface area (Å²) in [4.78, 5) is 8.43. The molecule has 0 saturated carbocycles. The Balaban J connectivity index is 1.90. The van der Waals surface area contributed by atoms with Crippen LogP contribution < -0.4 is 10.6 Å². The van der Waals surface area contributed by atoms with Gasteiger partial charge in [-0.05, 0) is 24.6 Å². The Hall–Kier alpha value is -2.43. The van der Waals surface area contributed by atoms with E-state index in [1.165, 1.54) is 6.07 Å². The van der Waals surface area contributed by atoms with Crippen molar-refractivity contribution in [3.05, 3.63) is 65.2 Å². The average molecular weight is 286 g/mol. The van der Waals surface area contributed by atoms with Gasteiger partial charge in [0.15, 0.2) is 5.96 Å². The molecule has 1 heterocycles. The molecule has 1 aromatic carbocycles. The highest BCUT2D eigenvalue weighted by atomic mass is 19.1. The molecule has 0 aliphatic carbocycles. The molecule has 0 fully saturated rings. The Morgan fingerprint density at radius 1 is 1.14 bits per heavy atom. The first-order valence-corrected chi connectivity index (χ1v) is 6.79. The fourth-order valence-electron chi connectivity index (χ4n) is 1.91. The molecular weight excluding hydrogens is 267 g/mol. The van der Waals surface area contributed by atoms with Gasteiger partial charge in [-0.15, -0.1) is 0 Å². The van der Waals surface area contributed by atoms with Crippen LogP contribution in [0.25, 0.3) is 0 Å². The van der Waals surface area contributed by atoms with E-state index >= 15 is 0 Å². The number of benzene rings is 1. The van der Waals surface area contributed by atoms with Crippen LogP contribution in [0.3, 0.4) is 0 Å². The first kappa shape index (κ1) is 15.0. The van der Waals surface area contributed by atoms with Gasteiger partial charge >= 0.3 is 0 Å². The van der Waals surface area contributed by atoms with Crippen LogP contribution in [-0.2, 0) is 13.1 Å². The van der Waals surface area contributed by atoms with Gasteiger partial charge in [0, 0.05) is 25.4 Å². The first-order valence-electron chi connectivity index (χ1n) is 6.79. The zero-order valence-corrected chi connectivity index (χ0v) is 12.2. The van der Waals surface area contributed by atoms with Crippen molar-refractivity contribution in [2.24, 2.45) is 4.99 Å². The van der Waals surface area contributed by atoms with E-state index in [0.29, 0.717) is 24.6 Å². The van der Waals surface area contributed by atoms with Crippen molar-refractivity contribution in [1.82, 2.24) is 15.6 Å². The number of aromatic nitrogens is 1. The van der Waals surface area contributed by atoms with Gasteiger partial charge in [0.05, 0.1) is 12.2 Å². The number of aryl methyl sites for hydroxylation is 1. The summed E-state index contributed by atoms with van der Waals surface area (Å²) in [6.45, 7) is 2.97. The Morgan fingerprint density at radius 2 is 1.90 bits per heavy atom. The quantitative estimate of drug-likeness (QED) is 0.670. The number of aliphatic imine (C=N–C) groups is 1. The number of guanidine groups is 1. The highest BCUT2D eigenvalue weighted by Gasteiger charge is 2.04. The smallest absolute Gasteiger partial charge is 0.191 e. The fraction of sp³-hybridized carbons (Fsp3) is 0.250. The molecule has 0 bridgehead atoms. The van der Waals surface area contributed by atoms with Gasteiger partial charge in [-0.2, -0.15) is 0 Å². The van der Waals surface area contributed by atoms with E-state index in [0.717, 1.165) is 11.3 Å². The number of nitrogens with one attached hydrogen (secondary N) is 2. The minimum atomic E-state index is -0.221. The summed E-state index contributed by atoms with van der Waals surface area (Å²) in [5.74, 6) is 0.393. The molecule has 0 saturated heterocycles. The van der Waals surface area contributed by atoms with E-state index in [2.05, 4.69) is 20.6 Å². The van der Waals surface area contributed by atoms with Crippen LogP contribution in [0.4, 0.5) is 4.39 Å². The number of hydrogen-bond acceptors (Lipinski definition) is 2. The molecule has 110 valence electrons. The number of pyridine rings is 1. The van der Waals surface area contributed by atoms with E-state index in [9.17, 15) is 4.39 Å². The van der Waals surface area contributed by atoms with Gasteiger partial charge in [0.25, 0.3) is 0 Å². The second kappa shape index (κ2) is 7.38. The van der Waals surface area contributed by atoms with E-state index in [1.54, 1.807) is 25.4 Å². The summed E-state index contributed by atoms with van der Waals surface area (Å²) in [5.41, 5.74) is 2.69. The lowest BCUT2D eigenvalue weighted by Gasteiger charge is -2.13. The zero-order valence-electron chi connectivity index (χ0n) is 12.2. The predicted molar refractivity (Wildman–Crippen MR) is 82.4 cm³/mol. The molecule has 0 atom stereocenters. The molecule has 0 aliphatic heterocycles. The molecule has 2 rings (SSSR count). The lowest BCUT2D eigenvalue weighted by molar-refractivity contribution is 0.604. The lowest BCUT2D eigenvalue weighted by atomic mass is 10.2. The van der Waals surface area contributed by atoms with Gasteiger partial charge in [0.2, 0.25) is 0 Å². The first-order chi connectivity index (χ1) is 10.2. The monoisotopic (exact) mass is 286 g/mol. The summed E-state index contributed by atoms with van der Waals surface area (Å²) >= 11 is 0. The second-order valence-electron chi connectivity index (χ2n) is 4.64. The fourth-order valence-corrected chi connectivity index (χ4v) is 1.91. The minimum Gasteiger partial charge on any atom is -0.352 e. The van der Waals surface area contributed by atoms with Crippen molar-refractivity contribution in [1.29, 1.82) is 0 Å². The van der Waals surface area contributed by atoms with Gasteiger partial charge in [0.1, 0.15) is 5.82 Å². The van der Waals surface area contributed by atoms with Crippen LogP contribution in [-0.4, -0.2) is 18.0 Å². The maximum Gasteiger partial charge on any atom is 0.191 e. The van der Waals surface area contributed by atoms with Crippen molar-refractivity contribution in [2.45, 2.75) is 20.0 Å². The van der Waals surface area contributed by atoms with Crippen LogP contribution in [0, 0.1) is 12.7 Å². The third-order valence-electron chi connectivity index (χ3n) is 3.17. The summed E-state index contributed by atoms with van der Waals surface area (Å²) in [5, 5.41) is 6.26. The summed E-state index contributed by atoms with van der Waals surface area (Å²) in [7, 11) is 1.68. The maximum atomic E-state index is 13.5. The van der Waals surface area contributed by atoms with E-state index in [4.69, 9.17) is 0 Å². The molecule has 0 radical (unpaired) electrons. The highest BCUT2D eigenvalue weighted by Crippen LogP contribution is 2.05. The van der Waals surface area contributed by atoms with Crippen LogP contribution >= 0.6 is 0 Å². The molecule has 4 nitrogen and oxygen atoms in total. The van der Waals surface area contributed by atoms with Crippen molar-refractivity contribution in [3.63, 3.8) is 0 Å².